The number of carbonyl (C=O) groups excluding carboxylic acids is 1. The number of piperidine rings is 2. The van der Waals surface area contributed by atoms with Gasteiger partial charge in [0.15, 0.2) is 0 Å². The van der Waals surface area contributed by atoms with Crippen molar-refractivity contribution in [3.8, 4) is 0 Å². The highest BCUT2D eigenvalue weighted by atomic mass is 16.5. The van der Waals surface area contributed by atoms with Gasteiger partial charge in [0.2, 0.25) is 5.91 Å². The van der Waals surface area contributed by atoms with Gasteiger partial charge in [-0.15, -0.1) is 0 Å². The molecule has 1 aliphatic carbocycles. The summed E-state index contributed by atoms with van der Waals surface area (Å²) in [5, 5.41) is 0. The van der Waals surface area contributed by atoms with E-state index in [0.29, 0.717) is 49.4 Å². The Morgan fingerprint density at radius 3 is 1.25 bits per heavy atom. The molecule has 1 saturated carbocycles. The zero-order chi connectivity index (χ0) is 76.6. The molecule has 2 aromatic rings. The molecule has 8 rings (SSSR count). The van der Waals surface area contributed by atoms with Crippen LogP contribution in [0.3, 0.4) is 0 Å². The fourth-order valence-corrected chi connectivity index (χ4v) is 14.3. The van der Waals surface area contributed by atoms with Crippen LogP contribution in [-0.2, 0) is 32.0 Å². The van der Waals surface area contributed by atoms with Crippen LogP contribution in [0.5, 0.6) is 0 Å². The molecule has 12 heteroatoms. The number of hydrogen-bond acceptors (Lipinski definition) is 10. The third-order valence-corrected chi connectivity index (χ3v) is 21.4. The number of piperazine rings is 1. The van der Waals surface area contributed by atoms with E-state index < -0.39 is 0 Å². The highest BCUT2D eigenvalue weighted by molar-refractivity contribution is 5.73. The average molecular weight is 1420 g/mol. The molecule has 5 aliphatic heterocycles. The van der Waals surface area contributed by atoms with Crippen LogP contribution in [0.25, 0.3) is 0 Å². The highest BCUT2D eigenvalue weighted by Crippen LogP contribution is 2.38. The van der Waals surface area contributed by atoms with Crippen molar-refractivity contribution in [1.29, 1.82) is 0 Å². The average Bonchev–Trinajstić information content (AvgIpc) is 1.56. The van der Waals surface area contributed by atoms with Crippen molar-refractivity contribution in [2.75, 3.05) is 146 Å². The maximum Gasteiger partial charge on any atom is 0.219 e. The van der Waals surface area contributed by atoms with E-state index in [1.807, 2.05) is 30.7 Å². The first-order valence-corrected chi connectivity index (χ1v) is 41.2. The van der Waals surface area contributed by atoms with Crippen LogP contribution in [0.4, 0.5) is 0 Å². The van der Waals surface area contributed by atoms with Gasteiger partial charge in [-0.25, -0.2) is 4.98 Å². The van der Waals surface area contributed by atoms with E-state index in [0.717, 1.165) is 89.8 Å². The highest BCUT2D eigenvalue weighted by Gasteiger charge is 2.31. The topological polar surface area (TPSA) is 82.0 Å². The number of ether oxygens (including phenoxy) is 3. The second kappa shape index (κ2) is 49.5. The maximum absolute atomic E-state index is 11.1. The van der Waals surface area contributed by atoms with Gasteiger partial charge in [0.25, 0.3) is 0 Å². The smallest absolute Gasteiger partial charge is 0.219 e. The van der Waals surface area contributed by atoms with Gasteiger partial charge in [0.05, 0.1) is 32.3 Å². The number of morpholine rings is 1. The van der Waals surface area contributed by atoms with Crippen LogP contribution >= 0.6 is 0 Å². The zero-order valence-corrected chi connectivity index (χ0v) is 72.7. The number of amides is 1. The molecule has 1 atom stereocenters. The lowest BCUT2D eigenvalue weighted by Crippen LogP contribution is -2.44. The van der Waals surface area contributed by atoms with Crippen molar-refractivity contribution in [3.63, 3.8) is 0 Å². The fraction of sp³-hybridized carbons (Fsp3) is 0.888. The van der Waals surface area contributed by atoms with Crippen LogP contribution in [0.15, 0.2) is 49.1 Å². The molecule has 1 aromatic carbocycles. The van der Waals surface area contributed by atoms with Gasteiger partial charge in [-0.3, -0.25) is 9.69 Å². The van der Waals surface area contributed by atoms with Crippen LogP contribution in [0.2, 0.25) is 0 Å². The SMILES string of the molecule is CC(=O)N1CCC(C(C)(C)C)CC1.CC(C)(C)C1CCCCC1.CC(C)(C)CCCN1CCOCC1.CC(C)(C)CCCn1ccnc1.CC(C)(C)Cc1ccccc1.CN1CCN(CCCC(C)(C)C)CC1.COC1CCN(CCCC(C)(C)C)C1.COCCN1CCC(C(C)(C)C)CC1. The van der Waals surface area contributed by atoms with E-state index in [9.17, 15) is 4.79 Å². The number of hydrogen-bond donors (Lipinski definition) is 0. The number of aromatic nitrogens is 2. The molecular weight excluding hydrogens is 1250 g/mol. The van der Waals surface area contributed by atoms with E-state index in [1.54, 1.807) is 14.0 Å². The fourth-order valence-electron chi connectivity index (χ4n) is 14.3. The number of carbonyl (C=O) groups is 1. The minimum atomic E-state index is 0.229. The van der Waals surface area contributed by atoms with Gasteiger partial charge in [0.1, 0.15) is 0 Å². The molecule has 0 radical (unpaired) electrons. The van der Waals surface area contributed by atoms with Crippen LogP contribution in [-0.4, -0.2) is 197 Å². The Labute approximate surface area is 629 Å². The standard InChI is InChI=1S/C12H26N2.2C12H25NO.C11H21NO.C11H23NO.C11H16.C10H18N2.C10H20/c1-12(2,3)6-5-7-14-10-8-13(4)9-11-14;1-12(2,3)11-5-7-13(8-6-11)9-10-14-4;1-12(2,3)7-5-8-13-9-6-11(10-13)14-4;1-9(13)12-7-5-10(6-8-12)11(2,3)4;1-11(2,3)5-4-6-12-7-9-13-10-8-12;1-11(2,3)9-10-7-5-4-6-8-10;1-10(2,3)5-4-7-12-8-6-11-9-12;1-10(2,3)9-7-5-4-6-8-9/h5-11H2,1-4H3;2*11H,5-10H2,1-4H3;10H,5-8H2,1-4H3;4-10H2,1-3H3;4-8H,9H2,1-3H3;6,8-9H,4-5,7H2,1-3H3;9H,4-8H2,1-3H3. The lowest BCUT2D eigenvalue weighted by atomic mass is 9.72. The summed E-state index contributed by atoms with van der Waals surface area (Å²) >= 11 is 0. The second-order valence-corrected chi connectivity index (χ2v) is 40.5. The monoisotopic (exact) mass is 1420 g/mol. The van der Waals surface area contributed by atoms with Gasteiger partial charge in [-0.2, -0.15) is 0 Å². The Hall–Kier alpha value is -2.42. The molecule has 1 amide bonds. The molecule has 0 bridgehead atoms. The lowest BCUT2D eigenvalue weighted by Gasteiger charge is -2.38. The van der Waals surface area contributed by atoms with Gasteiger partial charge >= 0.3 is 0 Å². The molecule has 12 nitrogen and oxygen atoms in total. The summed E-state index contributed by atoms with van der Waals surface area (Å²) in [6.45, 7) is 80.0. The molecule has 1 aromatic heterocycles. The van der Waals surface area contributed by atoms with Crippen molar-refractivity contribution in [1.82, 2.24) is 39.0 Å². The Kier molecular flexibility index (Phi) is 47.4. The predicted octanol–water partition coefficient (Wildman–Crippen LogP) is 21.0. The Balaban J connectivity index is 0.000000578. The van der Waals surface area contributed by atoms with Crippen LogP contribution < -0.4 is 0 Å². The number of likely N-dealkylation sites (N-methyl/N-ethyl adjacent to an activating group) is 1. The molecule has 6 heterocycles. The number of nitrogens with zero attached hydrogens (tertiary/aromatic N) is 8. The third kappa shape index (κ3) is 53.9. The minimum absolute atomic E-state index is 0.229. The number of likely N-dealkylation sites (tertiary alicyclic amines) is 3. The van der Waals surface area contributed by atoms with Crippen molar-refractivity contribution in [2.24, 2.45) is 61.1 Å². The van der Waals surface area contributed by atoms with E-state index >= 15 is 0 Å². The van der Waals surface area contributed by atoms with Gasteiger partial charge in [-0.05, 0) is 209 Å². The summed E-state index contributed by atoms with van der Waals surface area (Å²) in [6.07, 6.45) is 31.5. The van der Waals surface area contributed by atoms with Crippen molar-refractivity contribution in [3.05, 3.63) is 54.6 Å². The lowest BCUT2D eigenvalue weighted by molar-refractivity contribution is -0.130. The predicted molar refractivity (Wildman–Crippen MR) is 441 cm³/mol. The quantitative estimate of drug-likeness (QED) is 0.153. The number of imidazole rings is 1. The summed E-state index contributed by atoms with van der Waals surface area (Å²) < 4.78 is 17.9. The summed E-state index contributed by atoms with van der Waals surface area (Å²) in [4.78, 5) is 29.6. The second-order valence-electron chi connectivity index (χ2n) is 40.5. The van der Waals surface area contributed by atoms with Crippen molar-refractivity contribution < 1.29 is 19.0 Å². The van der Waals surface area contributed by atoms with Crippen molar-refractivity contribution in [2.45, 2.75) is 308 Å². The zero-order valence-electron chi connectivity index (χ0n) is 72.7. The minimum Gasteiger partial charge on any atom is -0.383 e. The number of benzene rings is 1. The van der Waals surface area contributed by atoms with Gasteiger partial charge < -0.3 is 43.3 Å². The van der Waals surface area contributed by atoms with Crippen molar-refractivity contribution >= 4 is 5.91 Å². The Morgan fingerprint density at radius 1 is 0.465 bits per heavy atom. The Bertz CT molecular complexity index is 2230. The normalized spacial score (nSPS) is 19.6. The number of rotatable bonds is 17. The van der Waals surface area contributed by atoms with Gasteiger partial charge in [-0.1, -0.05) is 216 Å². The summed E-state index contributed by atoms with van der Waals surface area (Å²) in [5.74, 6) is 2.91. The molecular formula is C89H174N8O4. The first kappa shape index (κ1) is 96.6. The molecule has 0 N–H and O–H groups in total. The third-order valence-electron chi connectivity index (χ3n) is 21.4. The molecule has 6 aliphatic rings. The van der Waals surface area contributed by atoms with E-state index in [-0.39, 0.29) is 5.91 Å². The molecule has 6 fully saturated rings. The first-order chi connectivity index (χ1) is 46.8. The molecule has 0 spiro atoms. The van der Waals surface area contributed by atoms with E-state index in [2.05, 4.69) is 238 Å². The molecule has 5 saturated heterocycles. The largest absolute Gasteiger partial charge is 0.383 e. The maximum atomic E-state index is 11.1. The summed E-state index contributed by atoms with van der Waals surface area (Å²) in [5.41, 5.74) is 5.25. The molecule has 1 unspecified atom stereocenters. The summed E-state index contributed by atoms with van der Waals surface area (Å²) in [6, 6.07) is 10.6. The van der Waals surface area contributed by atoms with E-state index in [1.165, 1.54) is 187 Å². The number of aryl methyl sites for hydroxylation is 1. The number of methoxy groups -OCH3 is 2. The van der Waals surface area contributed by atoms with Crippen LogP contribution in [0, 0.1) is 61.1 Å². The molecule has 594 valence electrons. The Morgan fingerprint density at radius 2 is 0.871 bits per heavy atom. The van der Waals surface area contributed by atoms with E-state index in [4.69, 9.17) is 14.2 Å². The molecule has 101 heavy (non-hydrogen) atoms. The summed E-state index contributed by atoms with van der Waals surface area (Å²) in [7, 11) is 5.82. The van der Waals surface area contributed by atoms with Gasteiger partial charge in [0, 0.05) is 112 Å². The van der Waals surface area contributed by atoms with Crippen LogP contribution in [0.1, 0.15) is 294 Å². The first-order valence-electron chi connectivity index (χ1n) is 41.2.